The van der Waals surface area contributed by atoms with Crippen molar-refractivity contribution in [3.63, 3.8) is 0 Å². The van der Waals surface area contributed by atoms with Crippen LogP contribution in [0.2, 0.25) is 0 Å². The SMILES string of the molecule is Oc1c(C=c2ccc3c(c2)N=CN=3)sc(=NCc2ccccc2)n1-c1ccc(F)cc1. The first-order valence-corrected chi connectivity index (χ1v) is 10.5. The van der Waals surface area contributed by atoms with Crippen LogP contribution < -0.4 is 15.4 Å². The van der Waals surface area contributed by atoms with Crippen molar-refractivity contribution in [2.75, 3.05) is 0 Å². The summed E-state index contributed by atoms with van der Waals surface area (Å²) >= 11 is 1.37. The number of aliphatic imine (C=N–C) groups is 1. The highest BCUT2D eigenvalue weighted by Gasteiger charge is 2.13. The molecule has 0 saturated heterocycles. The molecular weight excluding hydrogens is 411 g/mol. The van der Waals surface area contributed by atoms with Gasteiger partial charge in [0.05, 0.1) is 28.2 Å². The zero-order chi connectivity index (χ0) is 21.2. The van der Waals surface area contributed by atoms with Crippen molar-refractivity contribution in [2.24, 2.45) is 15.0 Å². The van der Waals surface area contributed by atoms with Gasteiger partial charge in [-0.3, -0.25) is 9.56 Å². The van der Waals surface area contributed by atoms with Crippen molar-refractivity contribution >= 4 is 29.4 Å². The summed E-state index contributed by atoms with van der Waals surface area (Å²) in [5.41, 5.74) is 2.50. The highest BCUT2D eigenvalue weighted by atomic mass is 32.1. The number of aromatic hydroxyl groups is 1. The van der Waals surface area contributed by atoms with Gasteiger partial charge in [0.25, 0.3) is 0 Å². The molecule has 0 bridgehead atoms. The van der Waals surface area contributed by atoms with Gasteiger partial charge in [-0.1, -0.05) is 47.7 Å². The average molecular weight is 428 g/mol. The molecule has 5 rings (SSSR count). The topological polar surface area (TPSA) is 62.2 Å². The van der Waals surface area contributed by atoms with Crippen molar-refractivity contribution in [3.05, 3.63) is 104 Å². The molecule has 5 nitrogen and oxygen atoms in total. The molecule has 4 aromatic rings. The lowest BCUT2D eigenvalue weighted by Crippen LogP contribution is -2.12. The maximum atomic E-state index is 13.5. The summed E-state index contributed by atoms with van der Waals surface area (Å²) in [5.74, 6) is -0.283. The fraction of sp³-hybridized carbons (Fsp3) is 0.0417. The second kappa shape index (κ2) is 8.12. The van der Waals surface area contributed by atoms with Gasteiger partial charge in [0, 0.05) is 0 Å². The number of hydrogen-bond donors (Lipinski definition) is 1. The van der Waals surface area contributed by atoms with E-state index in [1.807, 2.05) is 54.6 Å². The summed E-state index contributed by atoms with van der Waals surface area (Å²) in [4.78, 5) is 14.4. The van der Waals surface area contributed by atoms with E-state index >= 15 is 0 Å². The molecule has 1 aliphatic rings. The summed E-state index contributed by atoms with van der Waals surface area (Å²) in [6.45, 7) is 0.469. The van der Waals surface area contributed by atoms with Crippen molar-refractivity contribution in [2.45, 2.75) is 6.54 Å². The number of benzene rings is 3. The molecule has 0 atom stereocenters. The fourth-order valence-corrected chi connectivity index (χ4v) is 4.29. The van der Waals surface area contributed by atoms with Gasteiger partial charge in [0.2, 0.25) is 5.88 Å². The maximum absolute atomic E-state index is 13.5. The lowest BCUT2D eigenvalue weighted by atomic mass is 10.2. The van der Waals surface area contributed by atoms with E-state index in [0.717, 1.165) is 21.8 Å². The zero-order valence-electron chi connectivity index (χ0n) is 16.3. The van der Waals surface area contributed by atoms with Crippen LogP contribution in [0.4, 0.5) is 10.1 Å². The lowest BCUT2D eigenvalue weighted by molar-refractivity contribution is 0.438. The molecule has 1 N–H and O–H groups in total. The molecule has 0 radical (unpaired) electrons. The number of thiazole rings is 1. The smallest absolute Gasteiger partial charge is 0.215 e. The van der Waals surface area contributed by atoms with E-state index < -0.39 is 0 Å². The minimum Gasteiger partial charge on any atom is -0.493 e. The van der Waals surface area contributed by atoms with E-state index in [0.29, 0.717) is 21.9 Å². The summed E-state index contributed by atoms with van der Waals surface area (Å²) in [7, 11) is 0. The molecule has 0 spiro atoms. The molecule has 0 amide bonds. The third kappa shape index (κ3) is 3.95. The average Bonchev–Trinajstić information content (AvgIpc) is 3.38. The minimum atomic E-state index is -0.335. The van der Waals surface area contributed by atoms with E-state index in [9.17, 15) is 9.50 Å². The van der Waals surface area contributed by atoms with E-state index in [2.05, 4.69) is 9.98 Å². The lowest BCUT2D eigenvalue weighted by Gasteiger charge is -2.05. The van der Waals surface area contributed by atoms with Gasteiger partial charge in [0.1, 0.15) is 12.2 Å². The number of hydrogen-bond acceptors (Lipinski definition) is 5. The molecule has 0 unspecified atom stereocenters. The Labute approximate surface area is 181 Å². The second-order valence-electron chi connectivity index (χ2n) is 6.95. The Bertz CT molecular complexity index is 1470. The van der Waals surface area contributed by atoms with Crippen LogP contribution in [0.1, 0.15) is 10.4 Å². The van der Waals surface area contributed by atoms with Crippen molar-refractivity contribution < 1.29 is 9.50 Å². The standard InChI is InChI=1S/C24H17FN4OS/c25-18-7-9-19(10-8-18)29-23(30)22(13-17-6-11-20-21(12-17)28-15-27-20)31-24(29)26-14-16-4-2-1-3-5-16/h1-13,15,30H,14H2. The number of aromatic nitrogens is 1. The number of nitrogens with zero attached hydrogens (tertiary/aromatic N) is 4. The molecule has 31 heavy (non-hydrogen) atoms. The summed E-state index contributed by atoms with van der Waals surface area (Å²) < 4.78 is 15.1. The highest BCUT2D eigenvalue weighted by Crippen LogP contribution is 2.25. The normalized spacial score (nSPS) is 13.5. The van der Waals surface area contributed by atoms with Gasteiger partial charge in [-0.05, 0) is 53.3 Å². The monoisotopic (exact) mass is 428 g/mol. The van der Waals surface area contributed by atoms with Crippen LogP contribution in [-0.2, 0) is 6.54 Å². The number of fused-ring (bicyclic) bond motifs is 1. The predicted molar refractivity (Wildman–Crippen MR) is 120 cm³/mol. The van der Waals surface area contributed by atoms with Crippen LogP contribution in [0.25, 0.3) is 11.8 Å². The summed E-state index contributed by atoms with van der Waals surface area (Å²) in [5, 5.41) is 12.7. The molecule has 1 aliphatic heterocycles. The Kier molecular flexibility index (Phi) is 5.01. The number of halogens is 1. The largest absolute Gasteiger partial charge is 0.493 e. The third-order valence-electron chi connectivity index (χ3n) is 4.84. The van der Waals surface area contributed by atoms with E-state index in [1.165, 1.54) is 29.8 Å². The molecular formula is C24H17FN4OS. The molecule has 152 valence electrons. The predicted octanol–water partition coefficient (Wildman–Crippen LogP) is 3.61. The Morgan fingerprint density at radius 1 is 1.03 bits per heavy atom. The highest BCUT2D eigenvalue weighted by molar-refractivity contribution is 7.10. The molecule has 0 fully saturated rings. The van der Waals surface area contributed by atoms with Crippen molar-refractivity contribution in [1.29, 1.82) is 0 Å². The van der Waals surface area contributed by atoms with Gasteiger partial charge in [-0.15, -0.1) is 0 Å². The Balaban J connectivity index is 1.64. The Morgan fingerprint density at radius 3 is 2.65 bits per heavy atom. The fourth-order valence-electron chi connectivity index (χ4n) is 3.30. The number of rotatable bonds is 4. The molecule has 7 heteroatoms. The van der Waals surface area contributed by atoms with E-state index in [4.69, 9.17) is 4.99 Å². The van der Waals surface area contributed by atoms with Gasteiger partial charge < -0.3 is 5.11 Å². The third-order valence-corrected chi connectivity index (χ3v) is 5.85. The van der Waals surface area contributed by atoms with Crippen LogP contribution >= 0.6 is 11.3 Å². The van der Waals surface area contributed by atoms with Gasteiger partial charge >= 0.3 is 0 Å². The van der Waals surface area contributed by atoms with E-state index in [-0.39, 0.29) is 11.7 Å². The van der Waals surface area contributed by atoms with Gasteiger partial charge in [-0.25, -0.2) is 14.4 Å². The van der Waals surface area contributed by atoms with Crippen LogP contribution in [0.5, 0.6) is 5.88 Å². The first-order valence-electron chi connectivity index (χ1n) is 9.65. The van der Waals surface area contributed by atoms with Crippen LogP contribution in [0, 0.1) is 5.82 Å². The Morgan fingerprint density at radius 2 is 1.84 bits per heavy atom. The van der Waals surface area contributed by atoms with Crippen molar-refractivity contribution in [1.82, 2.24) is 4.57 Å². The first kappa shape index (κ1) is 19.1. The van der Waals surface area contributed by atoms with Crippen LogP contribution in [0.3, 0.4) is 0 Å². The summed E-state index contributed by atoms with van der Waals surface area (Å²) in [6.07, 6.45) is 3.41. The molecule has 0 aliphatic carbocycles. The second-order valence-corrected chi connectivity index (χ2v) is 7.96. The summed E-state index contributed by atoms with van der Waals surface area (Å²) in [6, 6.07) is 21.6. The quantitative estimate of drug-likeness (QED) is 0.530. The minimum absolute atomic E-state index is 0.0529. The maximum Gasteiger partial charge on any atom is 0.215 e. The molecule has 0 saturated carbocycles. The first-order chi connectivity index (χ1) is 15.2. The van der Waals surface area contributed by atoms with Crippen LogP contribution in [-0.4, -0.2) is 16.0 Å². The zero-order valence-corrected chi connectivity index (χ0v) is 17.1. The molecule has 2 heterocycles. The Hall–Kier alpha value is -3.84. The molecule has 3 aromatic carbocycles. The van der Waals surface area contributed by atoms with Gasteiger partial charge in [0.15, 0.2) is 4.80 Å². The van der Waals surface area contributed by atoms with Crippen LogP contribution in [0.15, 0.2) is 87.8 Å². The van der Waals surface area contributed by atoms with Gasteiger partial charge in [-0.2, -0.15) is 0 Å². The molecule has 1 aromatic heterocycles. The van der Waals surface area contributed by atoms with Crippen molar-refractivity contribution in [3.8, 4) is 11.6 Å². The van der Waals surface area contributed by atoms with E-state index in [1.54, 1.807) is 16.7 Å².